The van der Waals surface area contributed by atoms with Crippen molar-refractivity contribution in [2.24, 2.45) is 5.73 Å². The van der Waals surface area contributed by atoms with Crippen LogP contribution in [0.2, 0.25) is 0 Å². The molecule has 0 aliphatic heterocycles. The molecule has 32 heavy (non-hydrogen) atoms. The highest BCUT2D eigenvalue weighted by molar-refractivity contribution is 5.68. The molecule has 3 rings (SSSR count). The number of rotatable bonds is 9. The zero-order valence-electron chi connectivity index (χ0n) is 18.2. The van der Waals surface area contributed by atoms with Crippen LogP contribution in [0.1, 0.15) is 43.1 Å². The molecule has 0 bridgehead atoms. The zero-order chi connectivity index (χ0) is 23.3. The fourth-order valence-electron chi connectivity index (χ4n) is 3.88. The van der Waals surface area contributed by atoms with Gasteiger partial charge in [-0.2, -0.15) is 0 Å². The smallest absolute Gasteiger partial charge is 0.327 e. The average molecular weight is 449 g/mol. The van der Waals surface area contributed by atoms with Gasteiger partial charge in [0.2, 0.25) is 0 Å². The molecule has 1 aliphatic rings. The van der Waals surface area contributed by atoms with Crippen molar-refractivity contribution in [2.45, 2.75) is 50.4 Å². The Hall–Kier alpha value is -3.32. The van der Waals surface area contributed by atoms with Crippen molar-refractivity contribution in [3.8, 4) is 11.5 Å². The standard InChI is InChI=1S/C19H27N7O6/c1-30-15-8-11(14(26(28)29)9-16(15)31-2)18(21-13-7-5-4-6-12(13)20)19-22-23-24-25(19)10-17(27)32-3/h8-9,12-13,18,21H,4-7,10,20H2,1-3H3. The SMILES string of the molecule is COC(=O)Cn1nnnc1C(NC1CCCCC1N)c1cc(OC)c(OC)cc1[N+](=O)[O-]. The van der Waals surface area contributed by atoms with Gasteiger partial charge in [0.15, 0.2) is 17.3 Å². The normalized spacial score (nSPS) is 19.2. The number of benzene rings is 1. The molecule has 174 valence electrons. The number of nitrogens with one attached hydrogen (secondary N) is 1. The first-order valence-corrected chi connectivity index (χ1v) is 10.1. The van der Waals surface area contributed by atoms with Crippen LogP contribution in [0.25, 0.3) is 0 Å². The molecular formula is C19H27N7O6. The Morgan fingerprint density at radius 1 is 1.28 bits per heavy atom. The number of aromatic nitrogens is 4. The van der Waals surface area contributed by atoms with Crippen LogP contribution >= 0.6 is 0 Å². The van der Waals surface area contributed by atoms with Crippen LogP contribution in [0.5, 0.6) is 11.5 Å². The van der Waals surface area contributed by atoms with Gasteiger partial charge < -0.3 is 19.9 Å². The van der Waals surface area contributed by atoms with Gasteiger partial charge in [0, 0.05) is 12.1 Å². The van der Waals surface area contributed by atoms with Crippen LogP contribution < -0.4 is 20.5 Å². The van der Waals surface area contributed by atoms with Gasteiger partial charge in [0.1, 0.15) is 12.6 Å². The lowest BCUT2D eigenvalue weighted by atomic mass is 9.89. The minimum Gasteiger partial charge on any atom is -0.493 e. The number of carbonyl (C=O) groups excluding carboxylic acids is 1. The van der Waals surface area contributed by atoms with Crippen LogP contribution in [-0.4, -0.2) is 64.5 Å². The van der Waals surface area contributed by atoms with E-state index in [0.717, 1.165) is 25.7 Å². The summed E-state index contributed by atoms with van der Waals surface area (Å²) in [6.07, 6.45) is 3.60. The molecule has 0 radical (unpaired) electrons. The quantitative estimate of drug-likeness (QED) is 0.314. The number of carbonyl (C=O) groups is 1. The van der Waals surface area contributed by atoms with E-state index in [0.29, 0.717) is 5.75 Å². The van der Waals surface area contributed by atoms with Gasteiger partial charge in [-0.3, -0.25) is 20.2 Å². The third-order valence-corrected chi connectivity index (χ3v) is 5.57. The van der Waals surface area contributed by atoms with E-state index < -0.39 is 16.9 Å². The first kappa shape index (κ1) is 23.3. The number of hydrogen-bond donors (Lipinski definition) is 2. The van der Waals surface area contributed by atoms with Gasteiger partial charge in [-0.15, -0.1) is 5.10 Å². The molecule has 0 saturated heterocycles. The summed E-state index contributed by atoms with van der Waals surface area (Å²) in [5, 5.41) is 27.0. The van der Waals surface area contributed by atoms with Crippen molar-refractivity contribution in [1.82, 2.24) is 25.5 Å². The summed E-state index contributed by atoms with van der Waals surface area (Å²) in [5.41, 5.74) is 6.37. The molecule has 3 atom stereocenters. The van der Waals surface area contributed by atoms with Gasteiger partial charge in [-0.25, -0.2) is 4.68 Å². The molecule has 1 aromatic carbocycles. The first-order valence-electron chi connectivity index (χ1n) is 10.1. The molecule has 3 N–H and O–H groups in total. The molecule has 13 nitrogen and oxygen atoms in total. The molecule has 1 aliphatic carbocycles. The lowest BCUT2D eigenvalue weighted by Gasteiger charge is -2.32. The monoisotopic (exact) mass is 449 g/mol. The fourth-order valence-corrected chi connectivity index (χ4v) is 3.88. The third kappa shape index (κ3) is 4.94. The largest absolute Gasteiger partial charge is 0.493 e. The number of nitro benzene ring substituents is 1. The second-order valence-corrected chi connectivity index (χ2v) is 7.45. The van der Waals surface area contributed by atoms with Crippen LogP contribution in [-0.2, 0) is 16.1 Å². The van der Waals surface area contributed by atoms with Gasteiger partial charge in [-0.1, -0.05) is 12.8 Å². The van der Waals surface area contributed by atoms with E-state index in [4.69, 9.17) is 19.9 Å². The molecule has 0 spiro atoms. The number of hydrogen-bond acceptors (Lipinski definition) is 11. The Morgan fingerprint density at radius 2 is 1.97 bits per heavy atom. The van der Waals surface area contributed by atoms with E-state index in [1.54, 1.807) is 0 Å². The van der Waals surface area contributed by atoms with E-state index in [2.05, 4.69) is 20.8 Å². The van der Waals surface area contributed by atoms with Crippen LogP contribution in [0.4, 0.5) is 5.69 Å². The number of nitro groups is 1. The second-order valence-electron chi connectivity index (χ2n) is 7.45. The van der Waals surface area contributed by atoms with E-state index >= 15 is 0 Å². The number of nitrogens with two attached hydrogens (primary N) is 1. The maximum atomic E-state index is 12.0. The molecule has 2 aromatic rings. The topological polar surface area (TPSA) is 170 Å². The highest BCUT2D eigenvalue weighted by Crippen LogP contribution is 2.39. The molecule has 13 heteroatoms. The zero-order valence-corrected chi connectivity index (χ0v) is 18.2. The summed E-state index contributed by atoms with van der Waals surface area (Å²) < 4.78 is 16.6. The Labute approximate surface area is 184 Å². The maximum absolute atomic E-state index is 12.0. The molecule has 1 fully saturated rings. The minimum absolute atomic E-state index is 0.135. The summed E-state index contributed by atoms with van der Waals surface area (Å²) in [6.45, 7) is -0.255. The Morgan fingerprint density at radius 3 is 2.59 bits per heavy atom. The van der Waals surface area contributed by atoms with Gasteiger partial charge in [0.05, 0.1) is 37.9 Å². The average Bonchev–Trinajstić information content (AvgIpc) is 3.25. The van der Waals surface area contributed by atoms with Crippen LogP contribution in [0, 0.1) is 10.1 Å². The van der Waals surface area contributed by atoms with Crippen molar-refractivity contribution in [1.29, 1.82) is 0 Å². The molecule has 1 aromatic heterocycles. The van der Waals surface area contributed by atoms with E-state index in [9.17, 15) is 14.9 Å². The molecule has 0 amide bonds. The Kier molecular flexibility index (Phi) is 7.53. The summed E-state index contributed by atoms with van der Waals surface area (Å²) in [6, 6.07) is 1.68. The number of tetrazole rings is 1. The minimum atomic E-state index is -0.844. The lowest BCUT2D eigenvalue weighted by molar-refractivity contribution is -0.385. The van der Waals surface area contributed by atoms with Crippen molar-refractivity contribution in [3.63, 3.8) is 0 Å². The van der Waals surface area contributed by atoms with Crippen molar-refractivity contribution < 1.29 is 23.9 Å². The maximum Gasteiger partial charge on any atom is 0.327 e. The summed E-state index contributed by atoms with van der Waals surface area (Å²) in [4.78, 5) is 23.3. The number of methoxy groups -OCH3 is 3. The van der Waals surface area contributed by atoms with E-state index in [-0.39, 0.29) is 41.5 Å². The second kappa shape index (κ2) is 10.3. The van der Waals surface area contributed by atoms with Gasteiger partial charge in [-0.05, 0) is 29.3 Å². The van der Waals surface area contributed by atoms with E-state index in [1.807, 2.05) is 0 Å². The summed E-state index contributed by atoms with van der Waals surface area (Å²) in [5.74, 6) is 0.169. The van der Waals surface area contributed by atoms with Crippen molar-refractivity contribution in [2.75, 3.05) is 21.3 Å². The highest BCUT2D eigenvalue weighted by Gasteiger charge is 2.34. The van der Waals surface area contributed by atoms with Gasteiger partial charge in [0.25, 0.3) is 5.69 Å². The number of esters is 1. The van der Waals surface area contributed by atoms with Gasteiger partial charge >= 0.3 is 5.97 Å². The third-order valence-electron chi connectivity index (χ3n) is 5.57. The molecule has 1 saturated carbocycles. The van der Waals surface area contributed by atoms with E-state index in [1.165, 1.54) is 38.1 Å². The number of ether oxygens (including phenoxy) is 3. The molecule has 3 unspecified atom stereocenters. The van der Waals surface area contributed by atoms with Crippen molar-refractivity contribution >= 4 is 11.7 Å². The van der Waals surface area contributed by atoms with Crippen molar-refractivity contribution in [3.05, 3.63) is 33.6 Å². The predicted molar refractivity (Wildman–Crippen MR) is 111 cm³/mol. The Bertz CT molecular complexity index is 966. The first-order chi connectivity index (χ1) is 15.4. The van der Waals surface area contributed by atoms with Crippen LogP contribution in [0.3, 0.4) is 0 Å². The predicted octanol–water partition coefficient (Wildman–Crippen LogP) is 0.720. The molecule has 1 heterocycles. The fraction of sp³-hybridized carbons (Fsp3) is 0.579. The summed E-state index contributed by atoms with van der Waals surface area (Å²) in [7, 11) is 4.09. The van der Waals surface area contributed by atoms with Crippen LogP contribution in [0.15, 0.2) is 12.1 Å². The molecular weight excluding hydrogens is 422 g/mol. The highest BCUT2D eigenvalue weighted by atomic mass is 16.6. The lowest BCUT2D eigenvalue weighted by Crippen LogP contribution is -2.49. The Balaban J connectivity index is 2.14. The summed E-state index contributed by atoms with van der Waals surface area (Å²) >= 11 is 0. The number of nitrogens with zero attached hydrogens (tertiary/aromatic N) is 5.